The lowest BCUT2D eigenvalue weighted by Gasteiger charge is -2.02. The van der Waals surface area contributed by atoms with E-state index >= 15 is 0 Å². The number of carbonyl (C=O) groups is 1. The van der Waals surface area contributed by atoms with Gasteiger partial charge in [-0.3, -0.25) is 9.78 Å². The normalized spacial score (nSPS) is 10.4. The van der Waals surface area contributed by atoms with Crippen LogP contribution in [0, 0.1) is 11.6 Å². The lowest BCUT2D eigenvalue weighted by molar-refractivity contribution is 0.0988. The topological polar surface area (TPSA) is 30.0 Å². The Balaban J connectivity index is 2.19. The molecule has 2 nitrogen and oxygen atoms in total. The average Bonchev–Trinajstić information content (AvgIpc) is 2.32. The van der Waals surface area contributed by atoms with Gasteiger partial charge in [-0.25, -0.2) is 8.78 Å². The molecule has 2 aromatic rings. The molecule has 0 atom stereocenters. The molecule has 0 saturated heterocycles. The number of ketones is 1. The van der Waals surface area contributed by atoms with Gasteiger partial charge >= 0.3 is 0 Å². The molecule has 5 heteroatoms. The fraction of sp³-hybridized carbons (Fsp3) is 0.0769. The summed E-state index contributed by atoms with van der Waals surface area (Å²) in [5.74, 6) is -1.98. The molecule has 0 saturated carbocycles. The van der Waals surface area contributed by atoms with Gasteiger partial charge in [0.25, 0.3) is 0 Å². The third-order valence-corrected chi connectivity index (χ3v) is 2.83. The second-order valence-electron chi connectivity index (χ2n) is 3.69. The molecule has 92 valence electrons. The van der Waals surface area contributed by atoms with Gasteiger partial charge < -0.3 is 0 Å². The van der Waals surface area contributed by atoms with Crippen molar-refractivity contribution in [1.82, 2.24) is 4.98 Å². The van der Waals surface area contributed by atoms with Gasteiger partial charge in [-0.2, -0.15) is 0 Å². The van der Waals surface area contributed by atoms with Crippen LogP contribution >= 0.6 is 15.9 Å². The van der Waals surface area contributed by atoms with Crippen molar-refractivity contribution < 1.29 is 13.6 Å². The number of pyridine rings is 1. The van der Waals surface area contributed by atoms with Crippen molar-refractivity contribution in [3.05, 3.63) is 63.9 Å². The first-order valence-electron chi connectivity index (χ1n) is 5.15. The third-order valence-electron chi connectivity index (χ3n) is 2.36. The van der Waals surface area contributed by atoms with Crippen LogP contribution < -0.4 is 0 Å². The monoisotopic (exact) mass is 311 g/mol. The van der Waals surface area contributed by atoms with E-state index in [1.807, 2.05) is 0 Å². The molecular formula is C13H8BrF2NO. The van der Waals surface area contributed by atoms with Crippen LogP contribution in [-0.2, 0) is 6.42 Å². The zero-order valence-electron chi connectivity index (χ0n) is 9.16. The zero-order valence-corrected chi connectivity index (χ0v) is 10.7. The maximum Gasteiger partial charge on any atom is 0.171 e. The highest BCUT2D eigenvalue weighted by atomic mass is 79.9. The van der Waals surface area contributed by atoms with Gasteiger partial charge in [-0.1, -0.05) is 0 Å². The van der Waals surface area contributed by atoms with E-state index in [1.54, 1.807) is 18.3 Å². The number of benzene rings is 1. The van der Waals surface area contributed by atoms with Crippen molar-refractivity contribution in [2.75, 3.05) is 0 Å². The molecule has 18 heavy (non-hydrogen) atoms. The van der Waals surface area contributed by atoms with E-state index in [0.29, 0.717) is 11.8 Å². The molecular weight excluding hydrogens is 304 g/mol. The molecule has 0 amide bonds. The number of halogens is 3. The van der Waals surface area contributed by atoms with Crippen LogP contribution in [0.5, 0.6) is 0 Å². The number of hydrogen-bond donors (Lipinski definition) is 0. The van der Waals surface area contributed by atoms with Gasteiger partial charge in [-0.15, -0.1) is 0 Å². The molecule has 2 rings (SSSR count). The number of hydrogen-bond acceptors (Lipinski definition) is 2. The van der Waals surface area contributed by atoms with E-state index in [-0.39, 0.29) is 12.0 Å². The quantitative estimate of drug-likeness (QED) is 0.811. The summed E-state index contributed by atoms with van der Waals surface area (Å²) >= 11 is 3.23. The molecule has 0 aliphatic rings. The summed E-state index contributed by atoms with van der Waals surface area (Å²) in [7, 11) is 0. The Labute approximate surface area is 111 Å². The zero-order chi connectivity index (χ0) is 13.1. The van der Waals surface area contributed by atoms with Gasteiger partial charge in [0.1, 0.15) is 11.6 Å². The summed E-state index contributed by atoms with van der Waals surface area (Å²) in [6.07, 6.45) is 1.54. The van der Waals surface area contributed by atoms with Gasteiger partial charge in [0, 0.05) is 22.4 Å². The molecule has 0 radical (unpaired) electrons. The van der Waals surface area contributed by atoms with Gasteiger partial charge in [0.15, 0.2) is 5.78 Å². The second-order valence-corrected chi connectivity index (χ2v) is 4.61. The number of nitrogens with zero attached hydrogens (tertiary/aromatic N) is 1. The van der Waals surface area contributed by atoms with Crippen LogP contribution in [0.4, 0.5) is 8.78 Å². The average molecular weight is 312 g/mol. The molecule has 1 aromatic carbocycles. The van der Waals surface area contributed by atoms with Crippen molar-refractivity contribution in [3.63, 3.8) is 0 Å². The highest BCUT2D eigenvalue weighted by Crippen LogP contribution is 2.13. The minimum atomic E-state index is -0.850. The van der Waals surface area contributed by atoms with E-state index in [9.17, 15) is 13.6 Å². The first-order valence-corrected chi connectivity index (χ1v) is 5.94. The largest absolute Gasteiger partial charge is 0.294 e. The Kier molecular flexibility index (Phi) is 3.81. The molecule has 0 spiro atoms. The van der Waals surface area contributed by atoms with Gasteiger partial charge in [0.05, 0.1) is 12.0 Å². The molecule has 0 aliphatic heterocycles. The third kappa shape index (κ3) is 2.98. The summed E-state index contributed by atoms with van der Waals surface area (Å²) in [4.78, 5) is 15.8. The molecule has 0 bridgehead atoms. The van der Waals surface area contributed by atoms with Crippen LogP contribution in [0.2, 0.25) is 0 Å². The molecule has 1 heterocycles. The van der Waals surface area contributed by atoms with Crippen LogP contribution in [0.15, 0.2) is 41.0 Å². The minimum absolute atomic E-state index is 0.0180. The smallest absolute Gasteiger partial charge is 0.171 e. The Morgan fingerprint density at radius 1 is 1.22 bits per heavy atom. The maximum absolute atomic E-state index is 13.4. The molecule has 0 unspecified atom stereocenters. The highest BCUT2D eigenvalue weighted by molar-refractivity contribution is 9.10. The Morgan fingerprint density at radius 3 is 2.61 bits per heavy atom. The Morgan fingerprint density at radius 2 is 2.00 bits per heavy atom. The summed E-state index contributed by atoms with van der Waals surface area (Å²) in [6, 6.07) is 6.32. The molecule has 0 N–H and O–H groups in total. The fourth-order valence-corrected chi connectivity index (χ4v) is 1.72. The van der Waals surface area contributed by atoms with E-state index in [2.05, 4.69) is 20.9 Å². The first-order chi connectivity index (χ1) is 8.56. The van der Waals surface area contributed by atoms with Crippen molar-refractivity contribution >= 4 is 21.7 Å². The number of aromatic nitrogens is 1. The summed E-state index contributed by atoms with van der Waals surface area (Å²) < 4.78 is 26.9. The van der Waals surface area contributed by atoms with Crippen LogP contribution in [0.25, 0.3) is 0 Å². The van der Waals surface area contributed by atoms with Crippen molar-refractivity contribution in [1.29, 1.82) is 0 Å². The number of Topliss-reactive ketones (excluding diaryl/α,β-unsaturated/α-hetero) is 1. The fourth-order valence-electron chi connectivity index (χ4n) is 1.49. The van der Waals surface area contributed by atoms with E-state index < -0.39 is 17.4 Å². The van der Waals surface area contributed by atoms with E-state index in [4.69, 9.17) is 0 Å². The minimum Gasteiger partial charge on any atom is -0.294 e. The van der Waals surface area contributed by atoms with Crippen LogP contribution in [-0.4, -0.2) is 10.8 Å². The lowest BCUT2D eigenvalue weighted by Crippen LogP contribution is -2.07. The SMILES string of the molecule is O=C(Cc1ccc(Br)cn1)c1ccc(F)cc1F. The second kappa shape index (κ2) is 5.35. The number of rotatable bonds is 3. The molecule has 1 aromatic heterocycles. The van der Waals surface area contributed by atoms with Crippen molar-refractivity contribution in [3.8, 4) is 0 Å². The van der Waals surface area contributed by atoms with Crippen LogP contribution in [0.3, 0.4) is 0 Å². The summed E-state index contributed by atoms with van der Waals surface area (Å²) in [5, 5.41) is 0. The van der Waals surface area contributed by atoms with Crippen molar-refractivity contribution in [2.24, 2.45) is 0 Å². The van der Waals surface area contributed by atoms with Gasteiger partial charge in [-0.05, 0) is 40.2 Å². The lowest BCUT2D eigenvalue weighted by atomic mass is 10.1. The predicted octanol–water partition coefficient (Wildman–Crippen LogP) is 3.55. The number of carbonyl (C=O) groups excluding carboxylic acids is 1. The van der Waals surface area contributed by atoms with E-state index in [1.165, 1.54) is 0 Å². The highest BCUT2D eigenvalue weighted by Gasteiger charge is 2.13. The standard InChI is InChI=1S/C13H8BrF2NO/c14-8-1-3-10(17-7-8)6-13(18)11-4-2-9(15)5-12(11)16/h1-5,7H,6H2. The molecule has 0 fully saturated rings. The van der Waals surface area contributed by atoms with Crippen LogP contribution in [0.1, 0.15) is 16.1 Å². The summed E-state index contributed by atoms with van der Waals surface area (Å²) in [5.41, 5.74) is 0.410. The summed E-state index contributed by atoms with van der Waals surface area (Å²) in [6.45, 7) is 0. The van der Waals surface area contributed by atoms with E-state index in [0.717, 1.165) is 16.6 Å². The van der Waals surface area contributed by atoms with Gasteiger partial charge in [0.2, 0.25) is 0 Å². The molecule has 0 aliphatic carbocycles. The first kappa shape index (κ1) is 12.8. The Bertz CT molecular complexity index is 584. The van der Waals surface area contributed by atoms with Crippen molar-refractivity contribution in [2.45, 2.75) is 6.42 Å². The Hall–Kier alpha value is -1.62. The maximum atomic E-state index is 13.4. The predicted molar refractivity (Wildman–Crippen MR) is 66.3 cm³/mol.